The first-order valence-corrected chi connectivity index (χ1v) is 11.0. The van der Waals surface area contributed by atoms with Crippen molar-refractivity contribution < 1.29 is 37.7 Å². The average Bonchev–Trinajstić information content (AvgIpc) is 2.98. The lowest BCUT2D eigenvalue weighted by molar-refractivity contribution is -0.137. The summed E-state index contributed by atoms with van der Waals surface area (Å²) in [5.74, 6) is -0.749. The number of halogens is 3. The Bertz CT molecular complexity index is 724. The van der Waals surface area contributed by atoms with Gasteiger partial charge in [0.15, 0.2) is 5.70 Å². The second kappa shape index (κ2) is 12.4. The molecule has 0 spiro atoms. The number of aliphatic hydroxyl groups is 1. The summed E-state index contributed by atoms with van der Waals surface area (Å²) in [6, 6.07) is -0.358. The maximum atomic E-state index is 12.2. The van der Waals surface area contributed by atoms with Crippen LogP contribution in [-0.2, 0) is 9.53 Å². The van der Waals surface area contributed by atoms with Gasteiger partial charge in [0.05, 0.1) is 16.7 Å². The summed E-state index contributed by atoms with van der Waals surface area (Å²) in [4.78, 5) is 28.3. The Kier molecular flexibility index (Phi) is 10.9. The molecule has 0 saturated carbocycles. The number of carboxylic acid groups (broad SMARTS) is 1. The third kappa shape index (κ3) is 11.0. The van der Waals surface area contributed by atoms with Gasteiger partial charge in [-0.25, -0.2) is 14.6 Å². The van der Waals surface area contributed by atoms with E-state index in [1.54, 1.807) is 19.1 Å². The molecule has 7 nitrogen and oxygen atoms in total. The number of hydrogen-bond donors (Lipinski definition) is 3. The largest absolute Gasteiger partial charge is 0.476 e. The summed E-state index contributed by atoms with van der Waals surface area (Å²) < 4.78 is 41.8. The summed E-state index contributed by atoms with van der Waals surface area (Å²) >= 11 is 5.07. The van der Waals surface area contributed by atoms with Gasteiger partial charge < -0.3 is 14.9 Å². The maximum absolute atomic E-state index is 12.2. The monoisotopic (exact) mass is 484 g/mol. The van der Waals surface area contributed by atoms with Crippen molar-refractivity contribution in [1.82, 2.24) is 4.90 Å². The van der Waals surface area contributed by atoms with Gasteiger partial charge in [-0.15, -0.1) is 24.4 Å². The number of nitrogens with zero attached hydrogens (tertiary/aromatic N) is 2. The molecule has 0 unspecified atom stereocenters. The molecule has 12 heteroatoms. The Morgan fingerprint density at radius 3 is 2.68 bits per heavy atom. The third-order valence-electron chi connectivity index (χ3n) is 4.37. The zero-order valence-corrected chi connectivity index (χ0v) is 19.0. The zero-order valence-electron chi connectivity index (χ0n) is 17.3. The van der Waals surface area contributed by atoms with E-state index < -0.39 is 30.3 Å². The van der Waals surface area contributed by atoms with Crippen molar-refractivity contribution in [3.05, 3.63) is 23.3 Å². The van der Waals surface area contributed by atoms with E-state index in [2.05, 4.69) is 17.6 Å². The number of alkyl halides is 3. The molecule has 1 aliphatic rings. The van der Waals surface area contributed by atoms with Crippen LogP contribution in [0.25, 0.3) is 0 Å². The molecule has 0 radical (unpaired) electrons. The molecule has 2 N–H and O–H groups in total. The SMILES string of the molecule is CC(=N/C(=C\S)C(=O)O)SCCN1C(=O)OC[C@@H]1/C=C/C[C@](C)(O)CCCC(F)(F)F. The van der Waals surface area contributed by atoms with Crippen molar-refractivity contribution in [1.29, 1.82) is 0 Å². The minimum atomic E-state index is -4.24. The van der Waals surface area contributed by atoms with Crippen molar-refractivity contribution in [2.45, 2.75) is 57.3 Å². The molecular formula is C19H27F3N2O5S2. The summed E-state index contributed by atoms with van der Waals surface area (Å²) in [5.41, 5.74) is -1.47. The van der Waals surface area contributed by atoms with E-state index in [1.807, 2.05) is 0 Å². The first-order chi connectivity index (χ1) is 14.3. The zero-order chi connectivity index (χ0) is 23.7. The van der Waals surface area contributed by atoms with Crippen LogP contribution in [0.4, 0.5) is 18.0 Å². The molecule has 0 aromatic carbocycles. The van der Waals surface area contributed by atoms with Gasteiger partial charge in [0.2, 0.25) is 0 Å². The Labute approximate surface area is 188 Å². The van der Waals surface area contributed by atoms with E-state index in [4.69, 9.17) is 9.84 Å². The number of rotatable bonds is 11. The van der Waals surface area contributed by atoms with Crippen LogP contribution in [0.1, 0.15) is 39.5 Å². The Morgan fingerprint density at radius 1 is 1.42 bits per heavy atom. The van der Waals surface area contributed by atoms with Crippen LogP contribution in [0.5, 0.6) is 0 Å². The second-order valence-electron chi connectivity index (χ2n) is 7.23. The van der Waals surface area contributed by atoms with Gasteiger partial charge in [0.1, 0.15) is 6.61 Å². The van der Waals surface area contributed by atoms with Crippen molar-refractivity contribution in [3.8, 4) is 0 Å². The number of aliphatic imine (C=N–C) groups is 1. The quantitative estimate of drug-likeness (QED) is 0.133. The molecule has 1 fully saturated rings. The normalized spacial score (nSPS) is 20.3. The number of aliphatic carboxylic acids is 1. The summed E-state index contributed by atoms with van der Waals surface area (Å²) in [6.07, 6.45) is -2.34. The van der Waals surface area contributed by atoms with E-state index in [9.17, 15) is 27.9 Å². The number of hydrogen-bond acceptors (Lipinski definition) is 7. The Morgan fingerprint density at radius 2 is 2.10 bits per heavy atom. The fraction of sp³-hybridized carbons (Fsp3) is 0.632. The van der Waals surface area contributed by atoms with Gasteiger partial charge in [0.25, 0.3) is 0 Å². The summed E-state index contributed by atoms with van der Waals surface area (Å²) in [5, 5.41) is 20.8. The van der Waals surface area contributed by atoms with E-state index in [0.717, 1.165) is 5.41 Å². The van der Waals surface area contributed by atoms with Crippen molar-refractivity contribution in [3.63, 3.8) is 0 Å². The summed E-state index contributed by atoms with van der Waals surface area (Å²) in [6.45, 7) is 3.58. The predicted molar refractivity (Wildman–Crippen MR) is 116 cm³/mol. The topological polar surface area (TPSA) is 99.4 Å². The van der Waals surface area contributed by atoms with Gasteiger partial charge in [-0.2, -0.15) is 13.2 Å². The molecule has 0 aromatic rings. The molecule has 0 bridgehead atoms. The first kappa shape index (κ1) is 27.4. The lowest BCUT2D eigenvalue weighted by Crippen LogP contribution is -2.34. The number of thioether (sulfide) groups is 1. The average molecular weight is 485 g/mol. The number of cyclic esters (lactones) is 1. The highest BCUT2D eigenvalue weighted by molar-refractivity contribution is 8.13. The van der Waals surface area contributed by atoms with Crippen molar-refractivity contribution in [2.24, 2.45) is 4.99 Å². The van der Waals surface area contributed by atoms with Crippen LogP contribution in [0, 0.1) is 0 Å². The van der Waals surface area contributed by atoms with E-state index >= 15 is 0 Å². The predicted octanol–water partition coefficient (Wildman–Crippen LogP) is 4.24. The van der Waals surface area contributed by atoms with Crippen LogP contribution >= 0.6 is 24.4 Å². The van der Waals surface area contributed by atoms with Gasteiger partial charge in [0, 0.05) is 24.1 Å². The maximum Gasteiger partial charge on any atom is 0.410 e. The fourth-order valence-electron chi connectivity index (χ4n) is 2.76. The van der Waals surface area contributed by atoms with Gasteiger partial charge >= 0.3 is 18.2 Å². The fourth-order valence-corrected chi connectivity index (χ4v) is 3.67. The molecule has 1 heterocycles. The molecule has 1 rings (SSSR count). The molecule has 176 valence electrons. The molecule has 1 aliphatic heterocycles. The Hall–Kier alpha value is -1.66. The Balaban J connectivity index is 2.53. The van der Waals surface area contributed by atoms with E-state index in [0.29, 0.717) is 17.3 Å². The molecule has 0 aliphatic carbocycles. The lowest BCUT2D eigenvalue weighted by Gasteiger charge is -2.22. The lowest BCUT2D eigenvalue weighted by atomic mass is 9.94. The number of amides is 1. The van der Waals surface area contributed by atoms with Crippen LogP contribution < -0.4 is 0 Å². The van der Waals surface area contributed by atoms with Crippen molar-refractivity contribution in [2.75, 3.05) is 18.9 Å². The molecule has 1 saturated heterocycles. The number of ether oxygens (including phenoxy) is 1. The number of thiol groups is 1. The highest BCUT2D eigenvalue weighted by Crippen LogP contribution is 2.26. The molecule has 31 heavy (non-hydrogen) atoms. The van der Waals surface area contributed by atoms with Gasteiger partial charge in [-0.05, 0) is 33.1 Å². The molecule has 2 atom stereocenters. The van der Waals surface area contributed by atoms with Crippen LogP contribution in [0.2, 0.25) is 0 Å². The van der Waals surface area contributed by atoms with E-state index in [1.165, 1.54) is 23.6 Å². The van der Waals surface area contributed by atoms with Crippen LogP contribution in [0.3, 0.4) is 0 Å². The third-order valence-corrected chi connectivity index (χ3v) is 5.51. The van der Waals surface area contributed by atoms with Gasteiger partial charge in [-0.1, -0.05) is 12.2 Å². The highest BCUT2D eigenvalue weighted by atomic mass is 32.2. The highest BCUT2D eigenvalue weighted by Gasteiger charge is 2.31. The summed E-state index contributed by atoms with van der Waals surface area (Å²) in [7, 11) is 0. The van der Waals surface area contributed by atoms with Crippen molar-refractivity contribution >= 4 is 41.5 Å². The van der Waals surface area contributed by atoms with Crippen LogP contribution in [-0.4, -0.2) is 68.9 Å². The second-order valence-corrected chi connectivity index (χ2v) is 8.78. The van der Waals surface area contributed by atoms with E-state index in [-0.39, 0.29) is 37.6 Å². The van der Waals surface area contributed by atoms with Gasteiger partial charge in [-0.3, -0.25) is 4.90 Å². The minimum Gasteiger partial charge on any atom is -0.476 e. The molecule has 0 aromatic heterocycles. The van der Waals surface area contributed by atoms with Crippen LogP contribution in [0.15, 0.2) is 28.2 Å². The number of carbonyl (C=O) groups excluding carboxylic acids is 1. The minimum absolute atomic E-state index is 0.00890. The molecular weight excluding hydrogens is 457 g/mol. The number of carbonyl (C=O) groups is 2. The molecule has 1 amide bonds. The standard InChI is InChI=1S/C19H27F3N2O5S2/c1-13(23-15(12-30)16(25)26)31-10-9-24-14(11-29-17(24)27)5-3-6-18(2,28)7-4-8-19(20,21)22/h3,5,12,14,28,30H,4,6-11H2,1-2H3,(H,25,26)/b5-3+,15-12-,23-13?/t14-,18-/m0/s1. The first-order valence-electron chi connectivity index (χ1n) is 9.49. The smallest absolute Gasteiger partial charge is 0.410 e. The number of carboxylic acids is 1.